The Hall–Kier alpha value is -1.53. The van der Waals surface area contributed by atoms with Crippen LogP contribution >= 0.6 is 11.3 Å². The van der Waals surface area contributed by atoms with Gasteiger partial charge in [-0.25, -0.2) is 4.98 Å². The average molecular weight is 247 g/mol. The van der Waals surface area contributed by atoms with Crippen molar-refractivity contribution < 1.29 is 0 Å². The summed E-state index contributed by atoms with van der Waals surface area (Å²) in [5.74, 6) is 1.03. The maximum atomic E-state index is 4.38. The van der Waals surface area contributed by atoms with Gasteiger partial charge in [0.1, 0.15) is 16.3 Å². The summed E-state index contributed by atoms with van der Waals surface area (Å²) in [4.78, 5) is 6.66. The second kappa shape index (κ2) is 4.77. The first kappa shape index (κ1) is 10.6. The largest absolute Gasteiger partial charge is 0.353 e. The molecule has 1 atom stereocenters. The van der Waals surface area contributed by atoms with E-state index in [2.05, 4.69) is 25.4 Å². The molecule has 5 nitrogen and oxygen atoms in total. The summed E-state index contributed by atoms with van der Waals surface area (Å²) in [7, 11) is 0. The van der Waals surface area contributed by atoms with Crippen molar-refractivity contribution in [1.29, 1.82) is 0 Å². The van der Waals surface area contributed by atoms with Gasteiger partial charge in [0.15, 0.2) is 0 Å². The van der Waals surface area contributed by atoms with Crippen molar-refractivity contribution in [2.75, 3.05) is 24.5 Å². The minimum atomic E-state index is 0.262. The molecule has 2 aromatic rings. The standard InChI is InChI=1S/C11H13N5S/c1-2-4-13-10(3-1)16-6-5-12-9(7-16)11-15-14-8-17-11/h1-4,8-9,12H,5-7H2. The quantitative estimate of drug-likeness (QED) is 0.860. The Kier molecular flexibility index (Phi) is 2.98. The van der Waals surface area contributed by atoms with Gasteiger partial charge in [-0.1, -0.05) is 6.07 Å². The van der Waals surface area contributed by atoms with Crippen molar-refractivity contribution >= 4 is 17.2 Å². The van der Waals surface area contributed by atoms with Gasteiger partial charge in [-0.05, 0) is 12.1 Å². The van der Waals surface area contributed by atoms with Crippen LogP contribution < -0.4 is 10.2 Å². The summed E-state index contributed by atoms with van der Waals surface area (Å²) in [6.45, 7) is 2.82. The maximum Gasteiger partial charge on any atom is 0.136 e. The molecule has 1 N–H and O–H groups in total. The Bertz CT molecular complexity index is 458. The molecule has 2 aromatic heterocycles. The number of hydrogen-bond donors (Lipinski definition) is 1. The summed E-state index contributed by atoms with van der Waals surface area (Å²) in [6.07, 6.45) is 1.83. The molecule has 1 unspecified atom stereocenters. The minimum Gasteiger partial charge on any atom is -0.353 e. The number of nitrogens with zero attached hydrogens (tertiary/aromatic N) is 4. The Labute approximate surface area is 104 Å². The van der Waals surface area contributed by atoms with Crippen LogP contribution in [0.3, 0.4) is 0 Å². The molecule has 0 aromatic carbocycles. The fourth-order valence-electron chi connectivity index (χ4n) is 2.00. The molecule has 1 aliphatic rings. The van der Waals surface area contributed by atoms with E-state index >= 15 is 0 Å². The summed E-state index contributed by atoms with van der Waals surface area (Å²) in [5, 5.41) is 12.5. The van der Waals surface area contributed by atoms with Gasteiger partial charge in [-0.2, -0.15) is 0 Å². The van der Waals surface area contributed by atoms with E-state index in [9.17, 15) is 0 Å². The normalized spacial score (nSPS) is 20.5. The average Bonchev–Trinajstić information content (AvgIpc) is 2.94. The van der Waals surface area contributed by atoms with Crippen molar-refractivity contribution in [1.82, 2.24) is 20.5 Å². The molecule has 1 aliphatic heterocycles. The summed E-state index contributed by atoms with van der Waals surface area (Å²) >= 11 is 1.59. The molecule has 0 saturated carbocycles. The summed E-state index contributed by atoms with van der Waals surface area (Å²) in [6, 6.07) is 6.26. The Balaban J connectivity index is 1.76. The molecular weight excluding hydrogens is 234 g/mol. The molecule has 0 spiro atoms. The highest BCUT2D eigenvalue weighted by Crippen LogP contribution is 2.21. The van der Waals surface area contributed by atoms with Gasteiger partial charge >= 0.3 is 0 Å². The molecule has 0 radical (unpaired) electrons. The van der Waals surface area contributed by atoms with E-state index in [4.69, 9.17) is 0 Å². The van der Waals surface area contributed by atoms with Crippen LogP contribution in [-0.2, 0) is 0 Å². The molecule has 3 rings (SSSR count). The van der Waals surface area contributed by atoms with Crippen molar-refractivity contribution in [2.45, 2.75) is 6.04 Å². The second-order valence-electron chi connectivity index (χ2n) is 3.92. The van der Waals surface area contributed by atoms with E-state index in [0.29, 0.717) is 0 Å². The van der Waals surface area contributed by atoms with Crippen LogP contribution in [0.1, 0.15) is 11.0 Å². The van der Waals surface area contributed by atoms with Gasteiger partial charge in [0, 0.05) is 25.8 Å². The zero-order chi connectivity index (χ0) is 11.5. The van der Waals surface area contributed by atoms with E-state index < -0.39 is 0 Å². The monoisotopic (exact) mass is 247 g/mol. The predicted molar refractivity (Wildman–Crippen MR) is 67.1 cm³/mol. The maximum absolute atomic E-state index is 4.38. The highest BCUT2D eigenvalue weighted by molar-refractivity contribution is 7.09. The van der Waals surface area contributed by atoms with E-state index in [-0.39, 0.29) is 6.04 Å². The molecule has 3 heterocycles. The van der Waals surface area contributed by atoms with Crippen LogP contribution in [0.25, 0.3) is 0 Å². The summed E-state index contributed by atoms with van der Waals surface area (Å²) in [5.41, 5.74) is 1.77. The van der Waals surface area contributed by atoms with Crippen molar-refractivity contribution in [3.63, 3.8) is 0 Å². The van der Waals surface area contributed by atoms with Gasteiger partial charge in [0.25, 0.3) is 0 Å². The van der Waals surface area contributed by atoms with Crippen LogP contribution in [0, 0.1) is 0 Å². The van der Waals surface area contributed by atoms with Crippen LogP contribution in [0.4, 0.5) is 5.82 Å². The molecule has 0 aliphatic carbocycles. The fourth-order valence-corrected chi connectivity index (χ4v) is 2.62. The van der Waals surface area contributed by atoms with Crippen molar-refractivity contribution in [3.8, 4) is 0 Å². The first-order valence-electron chi connectivity index (χ1n) is 5.59. The minimum absolute atomic E-state index is 0.262. The number of piperazine rings is 1. The van der Waals surface area contributed by atoms with Crippen LogP contribution in [0.5, 0.6) is 0 Å². The predicted octanol–water partition coefficient (Wildman–Crippen LogP) is 1.08. The number of pyridine rings is 1. The first-order valence-corrected chi connectivity index (χ1v) is 6.47. The fraction of sp³-hybridized carbons (Fsp3) is 0.364. The van der Waals surface area contributed by atoms with Gasteiger partial charge in [0.05, 0.1) is 6.04 Å². The lowest BCUT2D eigenvalue weighted by molar-refractivity contribution is 0.466. The zero-order valence-corrected chi connectivity index (χ0v) is 10.1. The topological polar surface area (TPSA) is 53.9 Å². The molecule has 1 fully saturated rings. The van der Waals surface area contributed by atoms with E-state index in [1.807, 2.05) is 24.4 Å². The lowest BCUT2D eigenvalue weighted by atomic mass is 10.2. The molecule has 17 heavy (non-hydrogen) atoms. The third kappa shape index (κ3) is 2.27. The molecule has 88 valence electrons. The molecular formula is C11H13N5S. The lowest BCUT2D eigenvalue weighted by Gasteiger charge is -2.33. The number of hydrogen-bond acceptors (Lipinski definition) is 6. The van der Waals surface area contributed by atoms with Gasteiger partial charge < -0.3 is 10.2 Å². The second-order valence-corrected chi connectivity index (χ2v) is 4.78. The first-order chi connectivity index (χ1) is 8.43. The SMILES string of the molecule is c1ccc(N2CCNC(c3nncs3)C2)nc1. The van der Waals surface area contributed by atoms with Gasteiger partial charge in [-0.15, -0.1) is 21.5 Å². The number of rotatable bonds is 2. The number of aromatic nitrogens is 3. The number of nitrogens with one attached hydrogen (secondary N) is 1. The van der Waals surface area contributed by atoms with Crippen molar-refractivity contribution in [3.05, 3.63) is 34.9 Å². The van der Waals surface area contributed by atoms with Gasteiger partial charge in [0.2, 0.25) is 0 Å². The Morgan fingerprint density at radius 2 is 2.41 bits per heavy atom. The molecule has 6 heteroatoms. The van der Waals surface area contributed by atoms with Crippen LogP contribution in [-0.4, -0.2) is 34.8 Å². The van der Waals surface area contributed by atoms with E-state index in [0.717, 1.165) is 30.5 Å². The highest BCUT2D eigenvalue weighted by atomic mass is 32.1. The smallest absolute Gasteiger partial charge is 0.136 e. The third-order valence-electron chi connectivity index (χ3n) is 2.82. The van der Waals surface area contributed by atoms with Crippen LogP contribution in [0.2, 0.25) is 0 Å². The zero-order valence-electron chi connectivity index (χ0n) is 9.28. The molecule has 0 amide bonds. The summed E-state index contributed by atoms with van der Waals surface area (Å²) < 4.78 is 0. The molecule has 0 bridgehead atoms. The highest BCUT2D eigenvalue weighted by Gasteiger charge is 2.23. The number of anilines is 1. The third-order valence-corrected chi connectivity index (χ3v) is 3.63. The van der Waals surface area contributed by atoms with Crippen LogP contribution in [0.15, 0.2) is 29.9 Å². The molecule has 1 saturated heterocycles. The lowest BCUT2D eigenvalue weighted by Crippen LogP contribution is -2.46. The van der Waals surface area contributed by atoms with E-state index in [1.54, 1.807) is 16.8 Å². The van der Waals surface area contributed by atoms with Gasteiger partial charge in [-0.3, -0.25) is 0 Å². The Morgan fingerprint density at radius 3 is 3.18 bits per heavy atom. The van der Waals surface area contributed by atoms with E-state index in [1.165, 1.54) is 0 Å². The van der Waals surface area contributed by atoms with Crippen molar-refractivity contribution in [2.24, 2.45) is 0 Å². The Morgan fingerprint density at radius 1 is 1.41 bits per heavy atom.